The largest absolute Gasteiger partial charge is 0.459 e. The number of hydrogen-bond acceptors (Lipinski definition) is 6. The fraction of sp³-hybridized carbons (Fsp3) is 0.214. The molecule has 0 N–H and O–H groups in total. The molecule has 1 fully saturated rings. The van der Waals surface area contributed by atoms with Gasteiger partial charge in [0, 0.05) is 43.1 Å². The molecule has 8 heteroatoms. The van der Waals surface area contributed by atoms with Crippen molar-refractivity contribution in [2.24, 2.45) is 0 Å². The van der Waals surface area contributed by atoms with Crippen molar-refractivity contribution in [3.63, 3.8) is 0 Å². The van der Waals surface area contributed by atoms with Gasteiger partial charge in [0.1, 0.15) is 5.76 Å². The highest BCUT2D eigenvalue weighted by atomic mass is 35.5. The molecule has 182 valence electrons. The first kappa shape index (κ1) is 23.9. The summed E-state index contributed by atoms with van der Waals surface area (Å²) in [5, 5.41) is 9.08. The highest BCUT2D eigenvalue weighted by Crippen LogP contribution is 2.33. The van der Waals surface area contributed by atoms with Crippen LogP contribution in [0.4, 0.5) is 0 Å². The van der Waals surface area contributed by atoms with Gasteiger partial charge in [-0.05, 0) is 65.7 Å². The Labute approximate surface area is 213 Å². The first-order valence-corrected chi connectivity index (χ1v) is 12.1. The lowest BCUT2D eigenvalue weighted by Crippen LogP contribution is -2.40. The lowest BCUT2D eigenvalue weighted by Gasteiger charge is -2.26. The topological polar surface area (TPSA) is 85.5 Å². The van der Waals surface area contributed by atoms with Crippen molar-refractivity contribution in [1.29, 1.82) is 0 Å². The number of ether oxygens (including phenoxy) is 1. The summed E-state index contributed by atoms with van der Waals surface area (Å²) in [6, 6.07) is 16.9. The molecule has 1 amide bonds. The smallest absolute Gasteiger partial charge is 0.254 e. The van der Waals surface area contributed by atoms with Crippen molar-refractivity contribution in [3.8, 4) is 11.1 Å². The molecule has 2 aromatic carbocycles. The predicted molar refractivity (Wildman–Crippen MR) is 138 cm³/mol. The Bertz CT molecular complexity index is 1410. The second kappa shape index (κ2) is 10.8. The van der Waals surface area contributed by atoms with E-state index in [2.05, 4.69) is 10.2 Å². The number of fused-ring (bicyclic) bond motifs is 1. The molecule has 36 heavy (non-hydrogen) atoms. The molecule has 7 nitrogen and oxygen atoms in total. The summed E-state index contributed by atoms with van der Waals surface area (Å²) >= 11 is 6.53. The lowest BCUT2D eigenvalue weighted by molar-refractivity contribution is -0.114. The maximum Gasteiger partial charge on any atom is 0.254 e. The van der Waals surface area contributed by atoms with Crippen molar-refractivity contribution in [3.05, 3.63) is 88.9 Å². The zero-order chi connectivity index (χ0) is 24.9. The van der Waals surface area contributed by atoms with Gasteiger partial charge in [0.15, 0.2) is 11.4 Å². The molecule has 1 aliphatic rings. The van der Waals surface area contributed by atoms with Crippen molar-refractivity contribution in [2.75, 3.05) is 26.3 Å². The number of benzene rings is 2. The third-order valence-corrected chi connectivity index (χ3v) is 6.32. The van der Waals surface area contributed by atoms with Crippen LogP contribution in [-0.4, -0.2) is 53.1 Å². The maximum absolute atomic E-state index is 12.7. The Morgan fingerprint density at radius 1 is 1.03 bits per heavy atom. The number of carbonyl (C=O) groups is 2. The third-order valence-electron chi connectivity index (χ3n) is 6.04. The first-order valence-electron chi connectivity index (χ1n) is 11.7. The van der Waals surface area contributed by atoms with Gasteiger partial charge >= 0.3 is 0 Å². The van der Waals surface area contributed by atoms with E-state index in [1.165, 1.54) is 6.08 Å². The molecule has 0 unspecified atom stereocenters. The zero-order valence-corrected chi connectivity index (χ0v) is 20.3. The highest BCUT2D eigenvalue weighted by Gasteiger charge is 2.18. The number of amides is 1. The molecule has 0 saturated carbocycles. The molecule has 1 saturated heterocycles. The Morgan fingerprint density at radius 3 is 2.58 bits per heavy atom. The van der Waals surface area contributed by atoms with Gasteiger partial charge in [0.25, 0.3) is 5.91 Å². The number of halogens is 1. The fourth-order valence-electron chi connectivity index (χ4n) is 4.12. The van der Waals surface area contributed by atoms with E-state index >= 15 is 0 Å². The van der Waals surface area contributed by atoms with Crippen LogP contribution < -0.4 is 0 Å². The normalized spacial score (nSPS) is 14.0. The van der Waals surface area contributed by atoms with E-state index < -0.39 is 0 Å². The van der Waals surface area contributed by atoms with Crippen LogP contribution in [0, 0.1) is 0 Å². The minimum Gasteiger partial charge on any atom is -0.459 e. The van der Waals surface area contributed by atoms with E-state index in [0.29, 0.717) is 66.8 Å². The van der Waals surface area contributed by atoms with Crippen LogP contribution >= 0.6 is 11.6 Å². The van der Waals surface area contributed by atoms with Gasteiger partial charge in [0.2, 0.25) is 0 Å². The first-order chi connectivity index (χ1) is 17.6. The monoisotopic (exact) mass is 501 g/mol. The van der Waals surface area contributed by atoms with E-state index in [-0.39, 0.29) is 11.7 Å². The number of ketones is 1. The van der Waals surface area contributed by atoms with Crippen LogP contribution in [0.3, 0.4) is 0 Å². The van der Waals surface area contributed by atoms with Crippen molar-refractivity contribution in [2.45, 2.75) is 12.8 Å². The van der Waals surface area contributed by atoms with E-state index in [4.69, 9.17) is 20.8 Å². The molecule has 0 spiro atoms. The summed E-state index contributed by atoms with van der Waals surface area (Å²) in [6.07, 6.45) is 5.50. The molecule has 1 aliphatic heterocycles. The SMILES string of the molecule is O=C(/C=C/c1cccnn1)CCc1cc2cc(-c3ccc(C(=O)N4CCOCC4)cc3)cc(Cl)c2o1. The Hall–Kier alpha value is -3.81. The summed E-state index contributed by atoms with van der Waals surface area (Å²) < 4.78 is 11.3. The number of carbonyl (C=O) groups excluding carboxylic acids is 2. The summed E-state index contributed by atoms with van der Waals surface area (Å²) in [5.41, 5.74) is 3.75. The van der Waals surface area contributed by atoms with Crippen molar-refractivity contribution in [1.82, 2.24) is 15.1 Å². The molecule has 0 atom stereocenters. The number of aryl methyl sites for hydroxylation is 1. The van der Waals surface area contributed by atoms with Crippen LogP contribution in [0.15, 0.2) is 71.3 Å². The van der Waals surface area contributed by atoms with E-state index in [9.17, 15) is 9.59 Å². The van der Waals surface area contributed by atoms with Crippen LogP contribution in [0.25, 0.3) is 28.2 Å². The summed E-state index contributed by atoms with van der Waals surface area (Å²) in [5.74, 6) is 0.676. The summed E-state index contributed by atoms with van der Waals surface area (Å²) in [7, 11) is 0. The Balaban J connectivity index is 1.27. The Kier molecular flexibility index (Phi) is 7.21. The van der Waals surface area contributed by atoms with Crippen LogP contribution in [0.5, 0.6) is 0 Å². The summed E-state index contributed by atoms with van der Waals surface area (Å²) in [6.45, 7) is 2.37. The maximum atomic E-state index is 12.7. The number of aromatic nitrogens is 2. The average molecular weight is 502 g/mol. The van der Waals surface area contributed by atoms with Crippen LogP contribution in [0.2, 0.25) is 5.02 Å². The van der Waals surface area contributed by atoms with E-state index in [0.717, 1.165) is 16.5 Å². The molecule has 0 aliphatic carbocycles. The number of allylic oxidation sites excluding steroid dienone is 1. The predicted octanol–water partition coefficient (Wildman–Crippen LogP) is 5.23. The minimum atomic E-state index is -0.0281. The minimum absolute atomic E-state index is 0.0129. The van der Waals surface area contributed by atoms with Gasteiger partial charge in [-0.25, -0.2) is 0 Å². The average Bonchev–Trinajstić information content (AvgIpc) is 3.35. The number of nitrogens with zero attached hydrogens (tertiary/aromatic N) is 3. The lowest BCUT2D eigenvalue weighted by atomic mass is 10.0. The quantitative estimate of drug-likeness (QED) is 0.322. The molecule has 0 bridgehead atoms. The highest BCUT2D eigenvalue weighted by molar-refractivity contribution is 6.35. The third kappa shape index (κ3) is 5.53. The molecule has 5 rings (SSSR count). The van der Waals surface area contributed by atoms with Crippen LogP contribution in [0.1, 0.15) is 28.2 Å². The van der Waals surface area contributed by atoms with Crippen molar-refractivity contribution >= 4 is 40.3 Å². The van der Waals surface area contributed by atoms with Gasteiger partial charge in [-0.15, -0.1) is 0 Å². The molecule has 3 heterocycles. The van der Waals surface area contributed by atoms with Gasteiger partial charge in [-0.3, -0.25) is 9.59 Å². The second-order valence-corrected chi connectivity index (χ2v) is 8.93. The van der Waals surface area contributed by atoms with Crippen molar-refractivity contribution < 1.29 is 18.7 Å². The van der Waals surface area contributed by atoms with E-state index in [1.54, 1.807) is 24.4 Å². The summed E-state index contributed by atoms with van der Waals surface area (Å²) in [4.78, 5) is 26.8. The number of furan rings is 1. The molecule has 0 radical (unpaired) electrons. The number of hydrogen-bond donors (Lipinski definition) is 0. The zero-order valence-electron chi connectivity index (χ0n) is 19.5. The van der Waals surface area contributed by atoms with Crippen LogP contribution in [-0.2, 0) is 16.0 Å². The van der Waals surface area contributed by atoms with E-state index in [1.807, 2.05) is 47.4 Å². The standard InChI is InChI=1S/C28H24ClN3O4/c29-26-18-21(19-3-5-20(6-4-19)28(34)32-12-14-35-15-13-32)16-22-17-25(36-27(22)26)10-9-24(33)8-7-23-2-1-11-30-31-23/h1-8,11,16-18H,9-10,12-15H2/b8-7+. The molecule has 4 aromatic rings. The van der Waals surface area contributed by atoms with Gasteiger partial charge in [0.05, 0.1) is 23.9 Å². The number of rotatable bonds is 7. The molecular formula is C28H24ClN3O4. The Morgan fingerprint density at radius 2 is 1.83 bits per heavy atom. The molecular weight excluding hydrogens is 478 g/mol. The second-order valence-electron chi connectivity index (χ2n) is 8.52. The van der Waals surface area contributed by atoms with Gasteiger partial charge < -0.3 is 14.1 Å². The fourth-order valence-corrected chi connectivity index (χ4v) is 4.38. The van der Waals surface area contributed by atoms with Gasteiger partial charge in [-0.1, -0.05) is 23.7 Å². The molecule has 2 aromatic heterocycles. The van der Waals surface area contributed by atoms with Gasteiger partial charge in [-0.2, -0.15) is 10.2 Å². The number of morpholine rings is 1.